The molecule has 2 unspecified atom stereocenters. The number of fused-ring (bicyclic) bond motifs is 2. The van der Waals surface area contributed by atoms with Gasteiger partial charge in [0, 0.05) is 29.8 Å². The number of ketones is 1. The van der Waals surface area contributed by atoms with Gasteiger partial charge in [0.2, 0.25) is 0 Å². The van der Waals surface area contributed by atoms with Crippen LogP contribution in [0.4, 0.5) is 5.69 Å². The van der Waals surface area contributed by atoms with Crippen molar-refractivity contribution < 1.29 is 4.79 Å². The van der Waals surface area contributed by atoms with Crippen molar-refractivity contribution in [2.45, 2.75) is 44.2 Å². The zero-order valence-electron chi connectivity index (χ0n) is 15.1. The summed E-state index contributed by atoms with van der Waals surface area (Å²) in [5.74, 6) is 0.325. The van der Waals surface area contributed by atoms with Crippen LogP contribution >= 0.6 is 11.3 Å². The lowest BCUT2D eigenvalue weighted by molar-refractivity contribution is -0.114. The highest BCUT2D eigenvalue weighted by Gasteiger charge is 2.39. The average Bonchev–Trinajstić information content (AvgIpc) is 3.22. The number of nitrogen functional groups attached to an aromatic ring is 1. The van der Waals surface area contributed by atoms with Crippen molar-refractivity contribution in [3.63, 3.8) is 0 Å². The quantitative estimate of drug-likeness (QED) is 0.615. The Balaban J connectivity index is 1.49. The van der Waals surface area contributed by atoms with Crippen LogP contribution in [0.3, 0.4) is 0 Å². The lowest BCUT2D eigenvalue weighted by Gasteiger charge is -2.36. The first-order valence-corrected chi connectivity index (χ1v) is 10.2. The third kappa shape index (κ3) is 3.21. The van der Waals surface area contributed by atoms with Crippen LogP contribution in [0.5, 0.6) is 0 Å². The first kappa shape index (κ1) is 17.4. The highest BCUT2D eigenvalue weighted by atomic mass is 32.1. The van der Waals surface area contributed by atoms with Gasteiger partial charge in [-0.25, -0.2) is 0 Å². The highest BCUT2D eigenvalue weighted by molar-refractivity contribution is 7.08. The maximum atomic E-state index is 12.8. The minimum atomic E-state index is -0.0758. The van der Waals surface area contributed by atoms with Crippen molar-refractivity contribution in [3.8, 4) is 11.1 Å². The van der Waals surface area contributed by atoms with E-state index in [1.807, 2.05) is 23.6 Å². The summed E-state index contributed by atoms with van der Waals surface area (Å²) in [6.45, 7) is 0. The fourth-order valence-corrected chi connectivity index (χ4v) is 5.25. The van der Waals surface area contributed by atoms with Gasteiger partial charge in [0.15, 0.2) is 5.78 Å². The summed E-state index contributed by atoms with van der Waals surface area (Å²) in [5, 5.41) is 12.5. The van der Waals surface area contributed by atoms with Crippen LogP contribution in [-0.2, 0) is 4.79 Å². The Hall–Kier alpha value is -1.98. The van der Waals surface area contributed by atoms with Crippen LogP contribution in [0.1, 0.15) is 37.7 Å². The van der Waals surface area contributed by atoms with E-state index in [0.717, 1.165) is 24.0 Å². The molecule has 26 heavy (non-hydrogen) atoms. The molecule has 2 aromatic rings. The van der Waals surface area contributed by atoms with Gasteiger partial charge >= 0.3 is 0 Å². The number of hydrogen-bond acceptors (Lipinski definition) is 5. The van der Waals surface area contributed by atoms with E-state index in [1.54, 1.807) is 17.4 Å². The van der Waals surface area contributed by atoms with Crippen molar-refractivity contribution in [1.29, 1.82) is 5.41 Å². The van der Waals surface area contributed by atoms with E-state index in [2.05, 4.69) is 17.3 Å². The zero-order chi connectivity index (χ0) is 18.3. The van der Waals surface area contributed by atoms with Crippen molar-refractivity contribution >= 4 is 28.5 Å². The molecule has 2 aliphatic rings. The average molecular weight is 368 g/mol. The van der Waals surface area contributed by atoms with Gasteiger partial charge in [0.25, 0.3) is 0 Å². The van der Waals surface area contributed by atoms with Crippen LogP contribution in [0.2, 0.25) is 0 Å². The fourth-order valence-electron chi connectivity index (χ4n) is 4.59. The third-order valence-electron chi connectivity index (χ3n) is 6.13. The molecule has 3 N–H and O–H groups in total. The van der Waals surface area contributed by atoms with E-state index in [1.165, 1.54) is 12.8 Å². The molecule has 4 nitrogen and oxygen atoms in total. The number of carbonyl (C=O) groups is 1. The van der Waals surface area contributed by atoms with Crippen molar-refractivity contribution in [2.24, 2.45) is 5.92 Å². The Morgan fingerprint density at radius 1 is 1.23 bits per heavy atom. The van der Waals surface area contributed by atoms with E-state index in [0.29, 0.717) is 35.7 Å². The van der Waals surface area contributed by atoms with Gasteiger partial charge in [0.05, 0.1) is 0 Å². The summed E-state index contributed by atoms with van der Waals surface area (Å²) >= 11 is 1.63. The number of benzene rings is 1. The lowest BCUT2D eigenvalue weighted by Crippen LogP contribution is -2.40. The number of nitrogens with two attached hydrogens (primary N) is 1. The molecule has 2 aliphatic heterocycles. The summed E-state index contributed by atoms with van der Waals surface area (Å²) in [7, 11) is 2.21. The second-order valence-corrected chi connectivity index (χ2v) is 8.48. The van der Waals surface area contributed by atoms with Crippen LogP contribution in [0.25, 0.3) is 11.1 Å². The topological polar surface area (TPSA) is 70.2 Å². The van der Waals surface area contributed by atoms with Gasteiger partial charge in [-0.3, -0.25) is 10.2 Å². The van der Waals surface area contributed by atoms with Gasteiger partial charge in [0.1, 0.15) is 5.71 Å². The molecule has 3 heterocycles. The summed E-state index contributed by atoms with van der Waals surface area (Å²) in [6.07, 6.45) is 5.13. The molecule has 5 heteroatoms. The Morgan fingerprint density at radius 3 is 2.62 bits per heavy atom. The predicted molar refractivity (Wildman–Crippen MR) is 108 cm³/mol. The number of carbonyl (C=O) groups excluding carboxylic acids is 1. The minimum absolute atomic E-state index is 0.0610. The van der Waals surface area contributed by atoms with Gasteiger partial charge in [-0.2, -0.15) is 11.3 Å². The molecule has 0 saturated carbocycles. The van der Waals surface area contributed by atoms with Crippen molar-refractivity contribution in [3.05, 3.63) is 40.6 Å². The number of hydrogen-bond donors (Lipinski definition) is 2. The smallest absolute Gasteiger partial charge is 0.181 e. The Kier molecular flexibility index (Phi) is 4.67. The van der Waals surface area contributed by atoms with E-state index in [4.69, 9.17) is 11.1 Å². The van der Waals surface area contributed by atoms with E-state index in [-0.39, 0.29) is 11.5 Å². The molecule has 2 bridgehead atoms. The van der Waals surface area contributed by atoms with E-state index < -0.39 is 0 Å². The number of piperidine rings is 1. The maximum absolute atomic E-state index is 12.8. The molecular formula is C21H25N3OS. The first-order valence-electron chi connectivity index (χ1n) is 9.29. The van der Waals surface area contributed by atoms with E-state index in [9.17, 15) is 4.79 Å². The molecule has 0 aliphatic carbocycles. The maximum Gasteiger partial charge on any atom is 0.181 e. The number of rotatable bonds is 5. The molecule has 0 spiro atoms. The molecule has 2 atom stereocenters. The number of nitrogens with one attached hydrogen (secondary N) is 1. The third-order valence-corrected chi connectivity index (χ3v) is 6.81. The molecule has 0 amide bonds. The second kappa shape index (κ2) is 6.97. The number of Topliss-reactive ketones (excluding diaryl/α,β-unsaturated/α-hetero) is 1. The van der Waals surface area contributed by atoms with Crippen molar-refractivity contribution in [2.75, 3.05) is 12.8 Å². The van der Waals surface area contributed by atoms with Gasteiger partial charge in [-0.05, 0) is 78.7 Å². The molecule has 0 radical (unpaired) electrons. The SMILES string of the molecule is CN1C2CCC1CC(CC(=O)C(=N)c1cc(-c3ccsc3)ccc1N)C2. The van der Waals surface area contributed by atoms with Gasteiger partial charge in [-0.15, -0.1) is 0 Å². The largest absolute Gasteiger partial charge is 0.398 e. The zero-order valence-corrected chi connectivity index (χ0v) is 15.9. The predicted octanol–water partition coefficient (Wildman–Crippen LogP) is 4.20. The number of nitrogens with zero attached hydrogens (tertiary/aromatic N) is 1. The summed E-state index contributed by atoms with van der Waals surface area (Å²) < 4.78 is 0. The summed E-state index contributed by atoms with van der Waals surface area (Å²) in [5.41, 5.74) is 9.33. The molecule has 136 valence electrons. The van der Waals surface area contributed by atoms with Gasteiger partial charge in [-0.1, -0.05) is 6.07 Å². The van der Waals surface area contributed by atoms with Crippen LogP contribution < -0.4 is 5.73 Å². The Labute approximate surface area is 158 Å². The van der Waals surface area contributed by atoms with Crippen molar-refractivity contribution in [1.82, 2.24) is 4.90 Å². The Bertz CT molecular complexity index is 816. The van der Waals surface area contributed by atoms with Crippen LogP contribution in [0, 0.1) is 11.3 Å². The fraction of sp³-hybridized carbons (Fsp3) is 0.429. The normalized spacial score (nSPS) is 25.3. The first-order chi connectivity index (χ1) is 12.5. The monoisotopic (exact) mass is 367 g/mol. The second-order valence-electron chi connectivity index (χ2n) is 7.70. The molecule has 2 saturated heterocycles. The summed E-state index contributed by atoms with van der Waals surface area (Å²) in [6, 6.07) is 8.92. The number of anilines is 1. The molecule has 1 aromatic heterocycles. The number of thiophene rings is 1. The Morgan fingerprint density at radius 2 is 1.96 bits per heavy atom. The van der Waals surface area contributed by atoms with Gasteiger partial charge < -0.3 is 10.6 Å². The summed E-state index contributed by atoms with van der Waals surface area (Å²) in [4.78, 5) is 15.3. The molecule has 1 aromatic carbocycles. The molecular weight excluding hydrogens is 342 g/mol. The highest BCUT2D eigenvalue weighted by Crippen LogP contribution is 2.39. The van der Waals surface area contributed by atoms with E-state index >= 15 is 0 Å². The lowest BCUT2D eigenvalue weighted by atomic mass is 9.85. The molecule has 4 rings (SSSR count). The standard InChI is InChI=1S/C21H25N3OS/c1-24-16-3-4-17(24)9-13(8-16)10-20(25)21(23)18-11-14(2-5-19(18)22)15-6-7-26-12-15/h2,5-7,11-13,16-17,23H,3-4,8-10,22H2,1H3. The molecule has 2 fully saturated rings. The minimum Gasteiger partial charge on any atom is -0.398 e. The van der Waals surface area contributed by atoms with Crippen LogP contribution in [0.15, 0.2) is 35.0 Å². The van der Waals surface area contributed by atoms with Crippen LogP contribution in [-0.4, -0.2) is 35.5 Å².